The van der Waals surface area contributed by atoms with E-state index in [1.165, 1.54) is 22.9 Å². The quantitative estimate of drug-likeness (QED) is 0.343. The Morgan fingerprint density at radius 3 is 2.64 bits per heavy atom. The molecule has 2 unspecified atom stereocenters. The highest BCUT2D eigenvalue weighted by molar-refractivity contribution is 5.91. The van der Waals surface area contributed by atoms with Crippen LogP contribution in [0.5, 0.6) is 0 Å². The van der Waals surface area contributed by atoms with E-state index in [1.54, 1.807) is 15.8 Å². The first kappa shape index (κ1) is 27.7. The minimum atomic E-state index is -0.562. The van der Waals surface area contributed by atoms with Gasteiger partial charge in [0.15, 0.2) is 11.5 Å². The van der Waals surface area contributed by atoms with E-state index in [-0.39, 0.29) is 35.2 Å². The Balaban J connectivity index is 1.65. The molecule has 0 saturated carbocycles. The number of aromatic nitrogens is 7. The molecule has 2 bridgehead atoms. The van der Waals surface area contributed by atoms with Crippen molar-refractivity contribution in [2.75, 3.05) is 18.0 Å². The summed E-state index contributed by atoms with van der Waals surface area (Å²) in [5.41, 5.74) is 2.64. The standard InChI is InChI=1S/C30H34FN9O2/c1-6-24(41)39-18(4)15-37(16-19(39)5)28-21-13-22(31)26-23-14-33-36-38(23)12-8-7-9-20-10-11-32-25(17(2)3)27(20)40(29(21)34-26)30(42)35-28/h6,10-11,13-14,17-19H,1,7-9,12,15-16H2,2-5H3. The van der Waals surface area contributed by atoms with Crippen molar-refractivity contribution in [3.63, 3.8) is 0 Å². The molecule has 6 heterocycles. The smallest absolute Gasteiger partial charge is 0.352 e. The first-order chi connectivity index (χ1) is 20.2. The molecule has 4 aromatic heterocycles. The van der Waals surface area contributed by atoms with Gasteiger partial charge in [-0.2, -0.15) is 4.98 Å². The second-order valence-electron chi connectivity index (χ2n) is 11.5. The second kappa shape index (κ2) is 10.7. The molecule has 0 radical (unpaired) electrons. The van der Waals surface area contributed by atoms with Gasteiger partial charge in [-0.25, -0.2) is 23.4 Å². The zero-order valence-electron chi connectivity index (χ0n) is 24.3. The molecule has 2 atom stereocenters. The summed E-state index contributed by atoms with van der Waals surface area (Å²) in [6, 6.07) is 2.96. The molecule has 2 aliphatic heterocycles. The van der Waals surface area contributed by atoms with E-state index >= 15 is 4.39 Å². The van der Waals surface area contributed by atoms with Crippen molar-refractivity contribution in [3.8, 4) is 17.1 Å². The highest BCUT2D eigenvalue weighted by atomic mass is 19.1. The number of aryl methyl sites for hydroxylation is 2. The fourth-order valence-corrected chi connectivity index (χ4v) is 6.34. The van der Waals surface area contributed by atoms with Gasteiger partial charge >= 0.3 is 5.69 Å². The van der Waals surface area contributed by atoms with E-state index in [2.05, 4.69) is 26.9 Å². The molecule has 1 fully saturated rings. The number of carbonyl (C=O) groups excluding carboxylic acids is 1. The lowest BCUT2D eigenvalue weighted by Gasteiger charge is -2.44. The van der Waals surface area contributed by atoms with Gasteiger partial charge in [-0.3, -0.25) is 9.78 Å². The van der Waals surface area contributed by atoms with Gasteiger partial charge < -0.3 is 9.80 Å². The Labute approximate surface area is 242 Å². The maximum atomic E-state index is 16.0. The zero-order valence-corrected chi connectivity index (χ0v) is 24.3. The number of nitrogens with zero attached hydrogens (tertiary/aromatic N) is 9. The number of carbonyl (C=O) groups is 1. The maximum absolute atomic E-state index is 16.0. The third-order valence-corrected chi connectivity index (χ3v) is 8.18. The number of amides is 1. The van der Waals surface area contributed by atoms with Gasteiger partial charge in [0, 0.05) is 37.9 Å². The minimum absolute atomic E-state index is 0.0113. The molecular weight excluding hydrogens is 537 g/mol. The number of pyridine rings is 2. The molecule has 0 aromatic carbocycles. The average Bonchev–Trinajstić information content (AvgIpc) is 3.41. The lowest BCUT2D eigenvalue weighted by Crippen LogP contribution is -2.58. The van der Waals surface area contributed by atoms with Crippen molar-refractivity contribution in [1.82, 2.24) is 39.4 Å². The Hall–Kier alpha value is -4.48. The van der Waals surface area contributed by atoms with Crippen molar-refractivity contribution in [2.24, 2.45) is 0 Å². The molecule has 4 aromatic rings. The number of hydrogen-bond acceptors (Lipinski definition) is 8. The minimum Gasteiger partial charge on any atom is -0.352 e. The molecule has 2 aliphatic rings. The molecule has 11 nitrogen and oxygen atoms in total. The summed E-state index contributed by atoms with van der Waals surface area (Å²) in [5.74, 6) is -0.369. The number of fused-ring (bicyclic) bond motifs is 5. The predicted octanol–water partition coefficient (Wildman–Crippen LogP) is 3.64. The van der Waals surface area contributed by atoms with Crippen LogP contribution in [0.4, 0.5) is 10.2 Å². The average molecular weight is 572 g/mol. The fraction of sp³-hybridized carbons (Fsp3) is 0.433. The van der Waals surface area contributed by atoms with E-state index in [4.69, 9.17) is 4.98 Å². The van der Waals surface area contributed by atoms with Crippen molar-refractivity contribution in [1.29, 1.82) is 0 Å². The third kappa shape index (κ3) is 4.54. The summed E-state index contributed by atoms with van der Waals surface area (Å²) >= 11 is 0. The second-order valence-corrected chi connectivity index (χ2v) is 11.5. The summed E-state index contributed by atoms with van der Waals surface area (Å²) in [6.45, 7) is 12.9. The molecular formula is C30H34FN9O2. The van der Waals surface area contributed by atoms with Gasteiger partial charge in [-0.1, -0.05) is 25.6 Å². The molecule has 0 spiro atoms. The lowest BCUT2D eigenvalue weighted by atomic mass is 10.00. The van der Waals surface area contributed by atoms with Crippen LogP contribution in [0, 0.1) is 5.82 Å². The van der Waals surface area contributed by atoms with Crippen molar-refractivity contribution in [2.45, 2.75) is 71.5 Å². The highest BCUT2D eigenvalue weighted by Crippen LogP contribution is 2.34. The summed E-state index contributed by atoms with van der Waals surface area (Å²) in [4.78, 5) is 44.5. The predicted molar refractivity (Wildman–Crippen MR) is 157 cm³/mol. The number of rotatable bonds is 3. The van der Waals surface area contributed by atoms with Crippen LogP contribution < -0.4 is 10.6 Å². The van der Waals surface area contributed by atoms with Crippen LogP contribution in [-0.2, 0) is 17.8 Å². The van der Waals surface area contributed by atoms with Gasteiger partial charge in [-0.15, -0.1) is 5.10 Å². The van der Waals surface area contributed by atoms with Crippen molar-refractivity contribution >= 4 is 22.8 Å². The van der Waals surface area contributed by atoms with Gasteiger partial charge in [0.05, 0.1) is 23.0 Å². The van der Waals surface area contributed by atoms with E-state index in [1.807, 2.05) is 38.7 Å². The Morgan fingerprint density at radius 1 is 1.17 bits per heavy atom. The first-order valence-electron chi connectivity index (χ1n) is 14.4. The van der Waals surface area contributed by atoms with Crippen LogP contribution in [0.15, 0.2) is 42.0 Å². The Morgan fingerprint density at radius 2 is 1.93 bits per heavy atom. The summed E-state index contributed by atoms with van der Waals surface area (Å²) in [6.07, 6.45) is 6.90. The van der Waals surface area contributed by atoms with Gasteiger partial charge in [0.1, 0.15) is 17.2 Å². The molecule has 0 N–H and O–H groups in total. The molecule has 1 amide bonds. The number of halogens is 1. The fourth-order valence-electron chi connectivity index (χ4n) is 6.34. The van der Waals surface area contributed by atoms with Gasteiger partial charge in [0.25, 0.3) is 0 Å². The Bertz CT molecular complexity index is 1750. The first-order valence-corrected chi connectivity index (χ1v) is 14.4. The number of piperazine rings is 1. The lowest BCUT2D eigenvalue weighted by molar-refractivity contribution is -0.130. The van der Waals surface area contributed by atoms with Gasteiger partial charge in [-0.05, 0) is 62.8 Å². The largest absolute Gasteiger partial charge is 0.355 e. The van der Waals surface area contributed by atoms with Crippen LogP contribution in [0.2, 0.25) is 0 Å². The van der Waals surface area contributed by atoms with E-state index in [0.29, 0.717) is 48.6 Å². The monoisotopic (exact) mass is 571 g/mol. The Kier molecular flexibility index (Phi) is 7.07. The van der Waals surface area contributed by atoms with E-state index < -0.39 is 11.5 Å². The SMILES string of the molecule is C=CC(=O)N1C(C)CN(c2nc(=O)n3c4nc(c(F)cc24)-c2cnnn2CCCCc2ccnc(C(C)C)c2-3)CC1C. The maximum Gasteiger partial charge on any atom is 0.355 e. The van der Waals surface area contributed by atoms with Gasteiger partial charge in [0.2, 0.25) is 5.91 Å². The van der Waals surface area contributed by atoms with Crippen LogP contribution in [0.25, 0.3) is 28.1 Å². The zero-order chi connectivity index (χ0) is 29.7. The molecule has 1 saturated heterocycles. The number of hydrogen-bond donors (Lipinski definition) is 0. The van der Waals surface area contributed by atoms with Crippen molar-refractivity contribution in [3.05, 3.63) is 64.7 Å². The van der Waals surface area contributed by atoms with E-state index in [0.717, 1.165) is 24.1 Å². The molecule has 6 rings (SSSR count). The molecule has 12 heteroatoms. The summed E-state index contributed by atoms with van der Waals surface area (Å²) in [5, 5.41) is 8.62. The highest BCUT2D eigenvalue weighted by Gasteiger charge is 2.34. The topological polar surface area (TPSA) is 115 Å². The molecule has 218 valence electrons. The molecule has 0 aliphatic carbocycles. The van der Waals surface area contributed by atoms with Crippen LogP contribution in [0.1, 0.15) is 57.7 Å². The van der Waals surface area contributed by atoms with Crippen LogP contribution in [0.3, 0.4) is 0 Å². The third-order valence-electron chi connectivity index (χ3n) is 8.18. The van der Waals surface area contributed by atoms with Crippen molar-refractivity contribution < 1.29 is 9.18 Å². The summed E-state index contributed by atoms with van der Waals surface area (Å²) < 4.78 is 19.2. The van der Waals surface area contributed by atoms with Crippen LogP contribution >= 0.6 is 0 Å². The molecule has 42 heavy (non-hydrogen) atoms. The van der Waals surface area contributed by atoms with Crippen LogP contribution in [-0.4, -0.2) is 70.5 Å². The normalized spacial score (nSPS) is 18.9. The number of anilines is 1. The summed E-state index contributed by atoms with van der Waals surface area (Å²) in [7, 11) is 0. The van der Waals surface area contributed by atoms with E-state index in [9.17, 15) is 9.59 Å².